The van der Waals surface area contributed by atoms with Gasteiger partial charge in [-0.15, -0.1) is 5.11 Å². The Morgan fingerprint density at radius 2 is 1.68 bits per heavy atom. The highest BCUT2D eigenvalue weighted by molar-refractivity contribution is 6.21. The van der Waals surface area contributed by atoms with Gasteiger partial charge >= 0.3 is 5.97 Å². The number of aromatic hydroxyl groups is 1. The summed E-state index contributed by atoms with van der Waals surface area (Å²) in [6.07, 6.45) is 0.0967. The van der Waals surface area contributed by atoms with Crippen LogP contribution in [0.1, 0.15) is 27.1 Å². The summed E-state index contributed by atoms with van der Waals surface area (Å²) in [5, 5.41) is 28.6. The minimum Gasteiger partial charge on any atom is -0.505 e. The number of imide groups is 1. The number of anilines is 1. The molecule has 0 saturated heterocycles. The van der Waals surface area contributed by atoms with Gasteiger partial charge in [-0.2, -0.15) is 5.11 Å². The van der Waals surface area contributed by atoms with Crippen molar-refractivity contribution >= 4 is 40.5 Å². The predicted octanol–water partition coefficient (Wildman–Crippen LogP) is 4.38. The molecule has 1 aliphatic heterocycles. The van der Waals surface area contributed by atoms with Gasteiger partial charge in [-0.25, -0.2) is 0 Å². The highest BCUT2D eigenvalue weighted by Gasteiger charge is 2.34. The summed E-state index contributed by atoms with van der Waals surface area (Å²) >= 11 is 0. The fourth-order valence-corrected chi connectivity index (χ4v) is 3.75. The van der Waals surface area contributed by atoms with Crippen molar-refractivity contribution in [2.75, 3.05) is 31.6 Å². The summed E-state index contributed by atoms with van der Waals surface area (Å²) in [5.41, 5.74) is 1.84. The van der Waals surface area contributed by atoms with E-state index in [1.54, 1.807) is 55.6 Å². The number of benzene rings is 3. The second-order valence-electron chi connectivity index (χ2n) is 8.35. The van der Waals surface area contributed by atoms with E-state index in [9.17, 15) is 29.6 Å². The predicted molar refractivity (Wildman–Crippen MR) is 136 cm³/mol. The van der Waals surface area contributed by atoms with Crippen LogP contribution in [0, 0.1) is 10.1 Å². The number of phenols is 1. The normalized spacial score (nSPS) is 12.6. The number of azo groups is 1. The number of esters is 1. The van der Waals surface area contributed by atoms with Gasteiger partial charge < -0.3 is 14.7 Å². The maximum Gasteiger partial charge on any atom is 0.307 e. The minimum atomic E-state index is -0.617. The summed E-state index contributed by atoms with van der Waals surface area (Å²) in [4.78, 5) is 49.9. The zero-order chi connectivity index (χ0) is 27.2. The van der Waals surface area contributed by atoms with E-state index in [0.717, 1.165) is 16.7 Å². The molecule has 0 fully saturated rings. The molecule has 0 aromatic heterocycles. The molecule has 0 saturated carbocycles. The first kappa shape index (κ1) is 25.9. The first-order valence-corrected chi connectivity index (χ1v) is 11.6. The first-order chi connectivity index (χ1) is 18.2. The van der Waals surface area contributed by atoms with Crippen LogP contribution in [-0.2, 0) is 9.53 Å². The van der Waals surface area contributed by atoms with Crippen LogP contribution in [0.5, 0.6) is 5.75 Å². The summed E-state index contributed by atoms with van der Waals surface area (Å²) in [7, 11) is 1.80. The van der Waals surface area contributed by atoms with E-state index in [-0.39, 0.29) is 36.7 Å². The second-order valence-corrected chi connectivity index (χ2v) is 8.35. The van der Waals surface area contributed by atoms with Crippen molar-refractivity contribution in [3.8, 4) is 5.75 Å². The molecule has 1 N–H and O–H groups in total. The Balaban J connectivity index is 1.22. The summed E-state index contributed by atoms with van der Waals surface area (Å²) < 4.78 is 5.21. The van der Waals surface area contributed by atoms with Crippen LogP contribution in [0.25, 0.3) is 0 Å². The third-order valence-corrected chi connectivity index (χ3v) is 5.84. The van der Waals surface area contributed by atoms with E-state index >= 15 is 0 Å². The Kier molecular flexibility index (Phi) is 7.71. The van der Waals surface area contributed by atoms with Gasteiger partial charge in [-0.3, -0.25) is 29.4 Å². The number of carbonyl (C=O) groups excluding carboxylic acids is 3. The van der Waals surface area contributed by atoms with Gasteiger partial charge in [-0.1, -0.05) is 12.1 Å². The van der Waals surface area contributed by atoms with Gasteiger partial charge in [-0.05, 0) is 42.5 Å². The van der Waals surface area contributed by atoms with E-state index in [0.29, 0.717) is 23.4 Å². The average Bonchev–Trinajstić information content (AvgIpc) is 3.16. The number of hydrogen-bond donors (Lipinski definition) is 1. The Hall–Kier alpha value is -5.13. The number of non-ortho nitro benzene ring substituents is 1. The van der Waals surface area contributed by atoms with E-state index in [4.69, 9.17) is 4.74 Å². The van der Waals surface area contributed by atoms with Crippen molar-refractivity contribution in [1.29, 1.82) is 0 Å². The first-order valence-electron chi connectivity index (χ1n) is 11.6. The number of phenolic OH excluding ortho intramolecular Hbond substituents is 1. The number of carbonyl (C=O) groups is 3. The van der Waals surface area contributed by atoms with Crippen LogP contribution in [-0.4, -0.2) is 59.5 Å². The lowest BCUT2D eigenvalue weighted by atomic mass is 10.1. The highest BCUT2D eigenvalue weighted by Crippen LogP contribution is 2.32. The molecule has 0 unspecified atom stereocenters. The lowest BCUT2D eigenvalue weighted by molar-refractivity contribution is -0.384. The lowest BCUT2D eigenvalue weighted by Crippen LogP contribution is -2.33. The van der Waals surface area contributed by atoms with Gasteiger partial charge in [0.15, 0.2) is 0 Å². The van der Waals surface area contributed by atoms with Crippen molar-refractivity contribution < 1.29 is 29.2 Å². The molecular weight excluding hydrogens is 494 g/mol. The quantitative estimate of drug-likeness (QED) is 0.137. The molecule has 1 heterocycles. The monoisotopic (exact) mass is 517 g/mol. The molecule has 0 atom stereocenters. The third-order valence-electron chi connectivity index (χ3n) is 5.84. The third kappa shape index (κ3) is 5.81. The summed E-state index contributed by atoms with van der Waals surface area (Å²) in [5.74, 6) is -1.60. The van der Waals surface area contributed by atoms with E-state index in [2.05, 4.69) is 10.2 Å². The smallest absolute Gasteiger partial charge is 0.307 e. The van der Waals surface area contributed by atoms with Crippen LogP contribution in [0.15, 0.2) is 77.0 Å². The van der Waals surface area contributed by atoms with Crippen molar-refractivity contribution in [1.82, 2.24) is 4.90 Å². The van der Waals surface area contributed by atoms with Gasteiger partial charge in [0.05, 0.1) is 40.8 Å². The molecule has 194 valence electrons. The number of nitrogens with zero attached hydrogens (tertiary/aromatic N) is 5. The number of hydrogen-bond acceptors (Lipinski definition) is 10. The van der Waals surface area contributed by atoms with Crippen LogP contribution in [0.2, 0.25) is 0 Å². The minimum absolute atomic E-state index is 0.0123. The fourth-order valence-electron chi connectivity index (χ4n) is 3.75. The maximum atomic E-state index is 12.4. The molecule has 1 aliphatic rings. The average molecular weight is 517 g/mol. The van der Waals surface area contributed by atoms with Gasteiger partial charge in [0, 0.05) is 25.3 Å². The van der Waals surface area contributed by atoms with Crippen LogP contribution in [0.3, 0.4) is 0 Å². The van der Waals surface area contributed by atoms with E-state index < -0.39 is 22.7 Å². The number of rotatable bonds is 10. The second kappa shape index (κ2) is 11.3. The summed E-state index contributed by atoms with van der Waals surface area (Å²) in [6.45, 7) is 0.267. The molecule has 0 aliphatic carbocycles. The largest absolute Gasteiger partial charge is 0.505 e. The Bertz CT molecular complexity index is 1390. The molecule has 12 nitrogen and oxygen atoms in total. The van der Waals surface area contributed by atoms with Gasteiger partial charge in [0.25, 0.3) is 17.5 Å². The summed E-state index contributed by atoms with van der Waals surface area (Å²) in [6, 6.07) is 17.0. The molecule has 0 spiro atoms. The van der Waals surface area contributed by atoms with E-state index in [1.807, 2.05) is 4.90 Å². The molecule has 3 aromatic carbocycles. The Morgan fingerprint density at radius 1 is 1.03 bits per heavy atom. The maximum absolute atomic E-state index is 12.4. The molecule has 12 heteroatoms. The van der Waals surface area contributed by atoms with Crippen molar-refractivity contribution in [3.63, 3.8) is 0 Å². The van der Waals surface area contributed by atoms with Crippen molar-refractivity contribution in [3.05, 3.63) is 88.0 Å². The Labute approximate surface area is 216 Å². The standard InChI is InChI=1S/C26H23N5O7/c1-29(13-12-24(33)38-15-14-30-25(34)20-4-2-3-5-21(20)26(30)35)18-8-6-17(7-9-18)27-28-22-11-10-19(31(36)37)16-23(22)32/h2-11,16,32H,12-15H2,1H3/b28-27+. The number of ether oxygens (including phenoxy) is 1. The van der Waals surface area contributed by atoms with Crippen molar-refractivity contribution in [2.24, 2.45) is 10.2 Å². The molecule has 0 radical (unpaired) electrons. The van der Waals surface area contributed by atoms with E-state index in [1.165, 1.54) is 12.1 Å². The Morgan fingerprint density at radius 3 is 2.29 bits per heavy atom. The highest BCUT2D eigenvalue weighted by atomic mass is 16.6. The van der Waals surface area contributed by atoms with Crippen LogP contribution < -0.4 is 4.90 Å². The zero-order valence-corrected chi connectivity index (χ0v) is 20.3. The van der Waals surface area contributed by atoms with Gasteiger partial charge in [0.2, 0.25) is 0 Å². The van der Waals surface area contributed by atoms with Crippen molar-refractivity contribution in [2.45, 2.75) is 6.42 Å². The van der Waals surface area contributed by atoms with Crippen LogP contribution >= 0.6 is 0 Å². The number of nitro groups is 1. The lowest BCUT2D eigenvalue weighted by Gasteiger charge is -2.19. The molecule has 38 heavy (non-hydrogen) atoms. The van der Waals surface area contributed by atoms with Crippen LogP contribution in [0.4, 0.5) is 22.7 Å². The topological polar surface area (TPSA) is 155 Å². The molecular formula is C26H23N5O7. The zero-order valence-electron chi connectivity index (χ0n) is 20.3. The molecule has 4 rings (SSSR count). The molecule has 2 amide bonds. The van der Waals surface area contributed by atoms with Gasteiger partial charge in [0.1, 0.15) is 18.0 Å². The number of amides is 2. The fraction of sp³-hybridized carbons (Fsp3) is 0.192. The number of nitro benzene ring substituents is 1. The SMILES string of the molecule is CN(CCC(=O)OCCN1C(=O)c2ccccc2C1=O)c1ccc(/N=N/c2ccc([N+](=O)[O-])cc2O)cc1. The molecule has 3 aromatic rings. The molecule has 0 bridgehead atoms. The number of fused-ring (bicyclic) bond motifs is 1.